The van der Waals surface area contributed by atoms with E-state index in [9.17, 15) is 4.79 Å². The van der Waals surface area contributed by atoms with Gasteiger partial charge < -0.3 is 9.84 Å². The van der Waals surface area contributed by atoms with Gasteiger partial charge in [0.05, 0.1) is 4.70 Å². The van der Waals surface area contributed by atoms with Crippen LogP contribution in [0, 0.1) is 0 Å². The topological polar surface area (TPSA) is 72.3 Å². The lowest BCUT2D eigenvalue weighted by atomic mass is 10.3. The smallest absolute Gasteiger partial charge is 0.341 e. The Morgan fingerprint density at radius 1 is 1.57 bits per heavy atom. The quantitative estimate of drug-likeness (QED) is 0.822. The van der Waals surface area contributed by atoms with Gasteiger partial charge in [-0.05, 0) is 23.7 Å². The minimum atomic E-state index is -1.01. The van der Waals surface area contributed by atoms with Crippen molar-refractivity contribution in [3.05, 3.63) is 18.2 Å². The molecular weight excluding hydrogens is 204 g/mol. The third-order valence-electron chi connectivity index (χ3n) is 1.59. The van der Waals surface area contributed by atoms with Crippen LogP contribution in [0.2, 0.25) is 0 Å². The highest BCUT2D eigenvalue weighted by molar-refractivity contribution is 7.13. The zero-order chi connectivity index (χ0) is 9.97. The van der Waals surface area contributed by atoms with Gasteiger partial charge in [-0.3, -0.25) is 0 Å². The first-order valence-electron chi connectivity index (χ1n) is 3.83. The third-order valence-corrected chi connectivity index (χ3v) is 2.28. The highest BCUT2D eigenvalue weighted by Gasteiger charge is 2.06. The number of aliphatic carboxylic acids is 1. The summed E-state index contributed by atoms with van der Waals surface area (Å²) in [6.07, 6.45) is 0. The summed E-state index contributed by atoms with van der Waals surface area (Å²) in [5.74, 6) is -0.552. The molecule has 0 aliphatic heterocycles. The SMILES string of the molecule is O=C(O)COc1cccc2snnc12. The van der Waals surface area contributed by atoms with E-state index in [-0.39, 0.29) is 6.61 Å². The molecule has 1 heterocycles. The Bertz CT molecular complexity index is 468. The third kappa shape index (κ3) is 1.64. The molecule has 2 rings (SSSR count). The van der Waals surface area contributed by atoms with E-state index in [1.807, 2.05) is 6.07 Å². The molecule has 0 aliphatic rings. The predicted octanol–water partition coefficient (Wildman–Crippen LogP) is 1.15. The first-order chi connectivity index (χ1) is 6.77. The normalized spacial score (nSPS) is 10.3. The van der Waals surface area contributed by atoms with Crippen molar-refractivity contribution in [2.45, 2.75) is 0 Å². The summed E-state index contributed by atoms with van der Waals surface area (Å²) in [7, 11) is 0. The average molecular weight is 210 g/mol. The van der Waals surface area contributed by atoms with Crippen LogP contribution >= 0.6 is 11.5 Å². The van der Waals surface area contributed by atoms with E-state index >= 15 is 0 Å². The maximum absolute atomic E-state index is 10.3. The molecule has 6 heteroatoms. The van der Waals surface area contributed by atoms with Crippen molar-refractivity contribution in [2.24, 2.45) is 0 Å². The number of rotatable bonds is 3. The van der Waals surface area contributed by atoms with Crippen LogP contribution in [0.15, 0.2) is 18.2 Å². The van der Waals surface area contributed by atoms with Crippen molar-refractivity contribution in [3.8, 4) is 5.75 Å². The molecule has 0 bridgehead atoms. The van der Waals surface area contributed by atoms with Crippen LogP contribution in [0.1, 0.15) is 0 Å². The summed E-state index contributed by atoms with van der Waals surface area (Å²) in [5, 5.41) is 12.3. The highest BCUT2D eigenvalue weighted by Crippen LogP contribution is 2.25. The van der Waals surface area contributed by atoms with Crippen LogP contribution in [0.4, 0.5) is 0 Å². The van der Waals surface area contributed by atoms with Crippen molar-refractivity contribution >= 4 is 27.7 Å². The van der Waals surface area contributed by atoms with Crippen LogP contribution in [0.5, 0.6) is 5.75 Å². The fourth-order valence-electron chi connectivity index (χ4n) is 1.04. The number of carboxylic acids is 1. The van der Waals surface area contributed by atoms with Crippen molar-refractivity contribution in [3.63, 3.8) is 0 Å². The lowest BCUT2D eigenvalue weighted by Crippen LogP contribution is -2.09. The summed E-state index contributed by atoms with van der Waals surface area (Å²) in [4.78, 5) is 10.3. The maximum Gasteiger partial charge on any atom is 0.341 e. The molecule has 5 nitrogen and oxygen atoms in total. The monoisotopic (exact) mass is 210 g/mol. The Morgan fingerprint density at radius 2 is 2.43 bits per heavy atom. The summed E-state index contributed by atoms with van der Waals surface area (Å²) >= 11 is 1.25. The Labute approximate surface area is 83.1 Å². The molecule has 2 aromatic rings. The molecule has 0 unspecified atom stereocenters. The van der Waals surface area contributed by atoms with E-state index in [0.29, 0.717) is 11.3 Å². The van der Waals surface area contributed by atoms with Gasteiger partial charge in [-0.25, -0.2) is 4.79 Å². The molecule has 1 aromatic heterocycles. The van der Waals surface area contributed by atoms with E-state index < -0.39 is 5.97 Å². The second kappa shape index (κ2) is 3.59. The van der Waals surface area contributed by atoms with Crippen molar-refractivity contribution < 1.29 is 14.6 Å². The van der Waals surface area contributed by atoms with Gasteiger partial charge in [0.25, 0.3) is 0 Å². The zero-order valence-corrected chi connectivity index (χ0v) is 7.82. The predicted molar refractivity (Wildman–Crippen MR) is 50.5 cm³/mol. The van der Waals surface area contributed by atoms with Gasteiger partial charge in [0, 0.05) is 0 Å². The van der Waals surface area contributed by atoms with Gasteiger partial charge in [-0.1, -0.05) is 10.6 Å². The standard InChI is InChI=1S/C8H6N2O3S/c11-7(12)4-13-5-2-1-3-6-8(5)9-10-14-6/h1-3H,4H2,(H,11,12). The highest BCUT2D eigenvalue weighted by atomic mass is 32.1. The van der Waals surface area contributed by atoms with Crippen molar-refractivity contribution in [1.29, 1.82) is 0 Å². The van der Waals surface area contributed by atoms with E-state index in [1.165, 1.54) is 11.5 Å². The van der Waals surface area contributed by atoms with E-state index in [4.69, 9.17) is 9.84 Å². The number of aromatic nitrogens is 2. The number of fused-ring (bicyclic) bond motifs is 1. The molecule has 0 aliphatic carbocycles. The largest absolute Gasteiger partial charge is 0.480 e. The first kappa shape index (κ1) is 8.89. The summed E-state index contributed by atoms with van der Waals surface area (Å²) < 4.78 is 9.68. The Kier molecular flexibility index (Phi) is 2.28. The Hall–Kier alpha value is -1.69. The number of benzene rings is 1. The lowest BCUT2D eigenvalue weighted by Gasteiger charge is -2.01. The van der Waals surface area contributed by atoms with Gasteiger partial charge in [-0.2, -0.15) is 0 Å². The minimum Gasteiger partial charge on any atom is -0.480 e. The minimum absolute atomic E-state index is 0.364. The Balaban J connectivity index is 2.32. The van der Waals surface area contributed by atoms with Crippen LogP contribution in [0.3, 0.4) is 0 Å². The van der Waals surface area contributed by atoms with Gasteiger partial charge in [0.1, 0.15) is 11.3 Å². The molecule has 0 saturated heterocycles. The number of carboxylic acid groups (broad SMARTS) is 1. The molecule has 14 heavy (non-hydrogen) atoms. The summed E-state index contributed by atoms with van der Waals surface area (Å²) in [6.45, 7) is -0.364. The fourth-order valence-corrected chi connectivity index (χ4v) is 1.61. The molecule has 72 valence electrons. The molecule has 0 radical (unpaired) electrons. The molecule has 0 fully saturated rings. The average Bonchev–Trinajstić information content (AvgIpc) is 2.62. The molecule has 1 aromatic carbocycles. The molecular formula is C8H6N2O3S. The second-order valence-electron chi connectivity index (χ2n) is 2.56. The first-order valence-corrected chi connectivity index (χ1v) is 4.60. The Morgan fingerprint density at radius 3 is 3.21 bits per heavy atom. The van der Waals surface area contributed by atoms with E-state index in [1.54, 1.807) is 12.1 Å². The number of hydrogen-bond acceptors (Lipinski definition) is 5. The molecule has 0 atom stereocenters. The summed E-state index contributed by atoms with van der Waals surface area (Å²) in [5.41, 5.74) is 0.610. The second-order valence-corrected chi connectivity index (χ2v) is 3.34. The molecule has 0 spiro atoms. The number of hydrogen-bond donors (Lipinski definition) is 1. The lowest BCUT2D eigenvalue weighted by molar-refractivity contribution is -0.139. The van der Waals surface area contributed by atoms with Crippen LogP contribution < -0.4 is 4.74 Å². The number of ether oxygens (including phenoxy) is 1. The molecule has 0 amide bonds. The number of nitrogens with zero attached hydrogens (tertiary/aromatic N) is 2. The fraction of sp³-hybridized carbons (Fsp3) is 0.125. The van der Waals surface area contributed by atoms with E-state index in [0.717, 1.165) is 4.70 Å². The zero-order valence-electron chi connectivity index (χ0n) is 7.01. The van der Waals surface area contributed by atoms with Gasteiger partial charge in [-0.15, -0.1) is 5.10 Å². The van der Waals surface area contributed by atoms with Crippen molar-refractivity contribution in [1.82, 2.24) is 9.59 Å². The summed E-state index contributed by atoms with van der Waals surface area (Å²) in [6, 6.07) is 5.31. The van der Waals surface area contributed by atoms with Crippen LogP contribution in [0.25, 0.3) is 10.2 Å². The van der Waals surface area contributed by atoms with Gasteiger partial charge in [0.2, 0.25) is 0 Å². The van der Waals surface area contributed by atoms with Gasteiger partial charge >= 0.3 is 5.97 Å². The van der Waals surface area contributed by atoms with E-state index in [2.05, 4.69) is 9.59 Å². The maximum atomic E-state index is 10.3. The van der Waals surface area contributed by atoms with Gasteiger partial charge in [0.15, 0.2) is 6.61 Å². The number of carbonyl (C=O) groups is 1. The molecule has 0 saturated carbocycles. The molecule has 1 N–H and O–H groups in total. The van der Waals surface area contributed by atoms with Crippen LogP contribution in [-0.4, -0.2) is 27.3 Å². The van der Waals surface area contributed by atoms with Crippen molar-refractivity contribution in [2.75, 3.05) is 6.61 Å². The van der Waals surface area contributed by atoms with Crippen LogP contribution in [-0.2, 0) is 4.79 Å².